The highest BCUT2D eigenvalue weighted by Crippen LogP contribution is 2.20. The van der Waals surface area contributed by atoms with Crippen molar-refractivity contribution in [2.24, 2.45) is 5.10 Å². The van der Waals surface area contributed by atoms with Crippen LogP contribution in [0.15, 0.2) is 82.4 Å². The first-order valence-electron chi connectivity index (χ1n) is 8.28. The molecule has 0 fully saturated rings. The van der Waals surface area contributed by atoms with E-state index in [1.54, 1.807) is 60.7 Å². The summed E-state index contributed by atoms with van der Waals surface area (Å²) < 4.78 is 0.667. The van der Waals surface area contributed by atoms with E-state index in [1.165, 1.54) is 6.21 Å². The lowest BCUT2D eigenvalue weighted by molar-refractivity contribution is 0.0956. The summed E-state index contributed by atoms with van der Waals surface area (Å²) in [6.45, 7) is 0. The summed E-state index contributed by atoms with van der Waals surface area (Å²) in [5.41, 5.74) is 4.37. The maximum absolute atomic E-state index is 12.5. The van der Waals surface area contributed by atoms with Gasteiger partial charge < -0.3 is 5.32 Å². The molecular weight excluding hydrogens is 442 g/mol. The summed E-state index contributed by atoms with van der Waals surface area (Å²) in [4.78, 5) is 25.0. The van der Waals surface area contributed by atoms with Gasteiger partial charge in [-0.1, -0.05) is 48.0 Å². The minimum Gasteiger partial charge on any atom is -0.321 e. The van der Waals surface area contributed by atoms with E-state index in [0.717, 1.165) is 5.56 Å². The molecule has 7 heteroatoms. The van der Waals surface area contributed by atoms with Gasteiger partial charge in [0.1, 0.15) is 0 Å². The first-order chi connectivity index (χ1) is 13.5. The molecule has 3 rings (SSSR count). The third-order valence-electron chi connectivity index (χ3n) is 3.77. The summed E-state index contributed by atoms with van der Waals surface area (Å²) in [5, 5.41) is 7.29. The third kappa shape index (κ3) is 5.06. The summed E-state index contributed by atoms with van der Waals surface area (Å²) in [6, 6.07) is 20.9. The Morgan fingerprint density at radius 1 is 0.893 bits per heavy atom. The average Bonchev–Trinajstić information content (AvgIpc) is 2.68. The van der Waals surface area contributed by atoms with Crippen LogP contribution in [0.4, 0.5) is 5.69 Å². The Kier molecular flexibility index (Phi) is 6.57. The van der Waals surface area contributed by atoms with Gasteiger partial charge in [0, 0.05) is 9.50 Å². The maximum atomic E-state index is 12.5. The van der Waals surface area contributed by atoms with Crippen LogP contribution >= 0.6 is 27.5 Å². The largest absolute Gasteiger partial charge is 0.321 e. The van der Waals surface area contributed by atoms with Crippen molar-refractivity contribution in [2.75, 3.05) is 5.32 Å². The fourth-order valence-electron chi connectivity index (χ4n) is 2.44. The number of hydrogen-bond donors (Lipinski definition) is 2. The molecule has 0 atom stereocenters. The molecule has 0 saturated carbocycles. The summed E-state index contributed by atoms with van der Waals surface area (Å²) in [5.74, 6) is -0.767. The van der Waals surface area contributed by atoms with E-state index in [-0.39, 0.29) is 5.91 Å². The highest BCUT2D eigenvalue weighted by molar-refractivity contribution is 9.10. The number of amides is 2. The van der Waals surface area contributed by atoms with Crippen molar-refractivity contribution < 1.29 is 9.59 Å². The number of rotatable bonds is 5. The highest BCUT2D eigenvalue weighted by atomic mass is 79.9. The van der Waals surface area contributed by atoms with Gasteiger partial charge in [0.05, 0.1) is 23.0 Å². The van der Waals surface area contributed by atoms with Crippen molar-refractivity contribution in [1.82, 2.24) is 5.43 Å². The molecule has 0 aliphatic heterocycles. The van der Waals surface area contributed by atoms with E-state index >= 15 is 0 Å². The van der Waals surface area contributed by atoms with Gasteiger partial charge in [-0.25, -0.2) is 5.43 Å². The Morgan fingerprint density at radius 2 is 1.61 bits per heavy atom. The SMILES string of the molecule is O=C(Nc1ccccc1C(=O)N/N=C\c1cccc(Cl)c1)c1ccccc1Br. The van der Waals surface area contributed by atoms with Crippen LogP contribution in [0, 0.1) is 0 Å². The zero-order valence-corrected chi connectivity index (χ0v) is 16.9. The number of halogens is 2. The Hall–Kier alpha value is -2.96. The molecule has 0 aliphatic rings. The van der Waals surface area contributed by atoms with Gasteiger partial charge >= 0.3 is 0 Å². The number of hydrazone groups is 1. The van der Waals surface area contributed by atoms with Gasteiger partial charge in [-0.15, -0.1) is 0 Å². The summed E-state index contributed by atoms with van der Waals surface area (Å²) in [6.07, 6.45) is 1.49. The summed E-state index contributed by atoms with van der Waals surface area (Å²) in [7, 11) is 0. The second-order valence-electron chi connectivity index (χ2n) is 5.73. The minimum absolute atomic E-state index is 0.297. The van der Waals surface area contributed by atoms with E-state index in [0.29, 0.717) is 26.3 Å². The lowest BCUT2D eigenvalue weighted by atomic mass is 10.1. The van der Waals surface area contributed by atoms with Crippen molar-refractivity contribution in [1.29, 1.82) is 0 Å². The normalized spacial score (nSPS) is 10.6. The van der Waals surface area contributed by atoms with E-state index in [4.69, 9.17) is 11.6 Å². The molecule has 28 heavy (non-hydrogen) atoms. The molecule has 0 heterocycles. The predicted molar refractivity (Wildman–Crippen MR) is 115 cm³/mol. The van der Waals surface area contributed by atoms with Crippen molar-refractivity contribution >= 4 is 51.2 Å². The zero-order valence-electron chi connectivity index (χ0n) is 14.5. The number of para-hydroxylation sites is 1. The second-order valence-corrected chi connectivity index (χ2v) is 7.02. The van der Waals surface area contributed by atoms with E-state index in [9.17, 15) is 9.59 Å². The molecule has 0 spiro atoms. The molecule has 2 N–H and O–H groups in total. The average molecular weight is 457 g/mol. The maximum Gasteiger partial charge on any atom is 0.273 e. The van der Waals surface area contributed by atoms with Crippen molar-refractivity contribution in [3.05, 3.63) is 99.0 Å². The van der Waals surface area contributed by atoms with Gasteiger partial charge in [-0.05, 0) is 57.9 Å². The molecule has 3 aromatic carbocycles. The molecule has 0 unspecified atom stereocenters. The molecule has 140 valence electrons. The lowest BCUT2D eigenvalue weighted by Crippen LogP contribution is -2.21. The minimum atomic E-state index is -0.443. The Morgan fingerprint density at radius 3 is 2.36 bits per heavy atom. The van der Waals surface area contributed by atoms with Crippen molar-refractivity contribution in [3.8, 4) is 0 Å². The molecule has 0 bridgehead atoms. The van der Waals surface area contributed by atoms with Crippen LogP contribution in [0.1, 0.15) is 26.3 Å². The number of benzene rings is 3. The fourth-order valence-corrected chi connectivity index (χ4v) is 3.10. The van der Waals surface area contributed by atoms with Gasteiger partial charge in [0.2, 0.25) is 0 Å². The number of nitrogens with zero attached hydrogens (tertiary/aromatic N) is 1. The Balaban J connectivity index is 1.73. The second kappa shape index (κ2) is 9.30. The molecule has 0 aromatic heterocycles. The first kappa shape index (κ1) is 19.8. The molecule has 0 radical (unpaired) electrons. The van der Waals surface area contributed by atoms with Crippen LogP contribution in [-0.4, -0.2) is 18.0 Å². The van der Waals surface area contributed by atoms with E-state index in [2.05, 4.69) is 31.8 Å². The van der Waals surface area contributed by atoms with E-state index in [1.807, 2.05) is 12.1 Å². The molecule has 5 nitrogen and oxygen atoms in total. The number of nitrogens with one attached hydrogen (secondary N) is 2. The van der Waals surface area contributed by atoms with Crippen LogP contribution < -0.4 is 10.7 Å². The smallest absolute Gasteiger partial charge is 0.273 e. The topological polar surface area (TPSA) is 70.6 Å². The van der Waals surface area contributed by atoms with Gasteiger partial charge in [0.25, 0.3) is 11.8 Å². The van der Waals surface area contributed by atoms with Gasteiger partial charge in [-0.2, -0.15) is 5.10 Å². The number of hydrogen-bond acceptors (Lipinski definition) is 3. The number of carbonyl (C=O) groups excluding carboxylic acids is 2. The van der Waals surface area contributed by atoms with Crippen LogP contribution in [-0.2, 0) is 0 Å². The predicted octanol–water partition coefficient (Wildman–Crippen LogP) is 5.12. The number of carbonyl (C=O) groups is 2. The fraction of sp³-hybridized carbons (Fsp3) is 0. The molecule has 3 aromatic rings. The number of anilines is 1. The van der Waals surface area contributed by atoms with Gasteiger partial charge in [-0.3, -0.25) is 9.59 Å². The van der Waals surface area contributed by atoms with E-state index < -0.39 is 5.91 Å². The molecule has 0 saturated heterocycles. The highest BCUT2D eigenvalue weighted by Gasteiger charge is 2.15. The van der Waals surface area contributed by atoms with Crippen LogP contribution in [0.25, 0.3) is 0 Å². The molecule has 2 amide bonds. The van der Waals surface area contributed by atoms with Crippen LogP contribution in [0.5, 0.6) is 0 Å². The van der Waals surface area contributed by atoms with Crippen molar-refractivity contribution in [2.45, 2.75) is 0 Å². The monoisotopic (exact) mass is 455 g/mol. The Labute approximate surface area is 175 Å². The summed E-state index contributed by atoms with van der Waals surface area (Å²) >= 11 is 9.27. The van der Waals surface area contributed by atoms with Gasteiger partial charge in [0.15, 0.2) is 0 Å². The lowest BCUT2D eigenvalue weighted by Gasteiger charge is -2.10. The van der Waals surface area contributed by atoms with Crippen molar-refractivity contribution in [3.63, 3.8) is 0 Å². The Bertz CT molecular complexity index is 1050. The van der Waals surface area contributed by atoms with Crippen LogP contribution in [0.3, 0.4) is 0 Å². The zero-order chi connectivity index (χ0) is 19.9. The molecule has 0 aliphatic carbocycles. The quantitative estimate of drug-likeness (QED) is 0.413. The van der Waals surface area contributed by atoms with Crippen LogP contribution in [0.2, 0.25) is 5.02 Å². The third-order valence-corrected chi connectivity index (χ3v) is 4.69. The molecular formula is C21H15BrClN3O2. The standard InChI is InChI=1S/C21H15BrClN3O2/c22-18-10-3-1-8-16(18)20(27)25-19-11-4-2-9-17(19)21(28)26-24-13-14-6-5-7-15(23)12-14/h1-13H,(H,25,27)(H,26,28)/b24-13-. The first-order valence-corrected chi connectivity index (χ1v) is 9.45.